The van der Waals surface area contributed by atoms with Crippen LogP contribution in [-0.4, -0.2) is 65.0 Å². The molecule has 0 saturated carbocycles. The predicted molar refractivity (Wildman–Crippen MR) is 140 cm³/mol. The fourth-order valence-corrected chi connectivity index (χ4v) is 5.87. The summed E-state index contributed by atoms with van der Waals surface area (Å²) in [6.45, 7) is 6.06. The van der Waals surface area contributed by atoms with Crippen LogP contribution in [0.3, 0.4) is 0 Å². The predicted octanol–water partition coefficient (Wildman–Crippen LogP) is 2.50. The molecule has 6 rings (SSSR count). The summed E-state index contributed by atoms with van der Waals surface area (Å²) in [5, 5.41) is 20.0. The van der Waals surface area contributed by atoms with Crippen LogP contribution in [0.4, 0.5) is 0 Å². The van der Waals surface area contributed by atoms with Gasteiger partial charge in [-0.1, -0.05) is 12.2 Å². The molecule has 5 aliphatic rings. The zero-order valence-electron chi connectivity index (χ0n) is 20.7. The van der Waals surface area contributed by atoms with E-state index in [0.717, 1.165) is 85.5 Å². The number of carbonyl (C=O) groups is 1. The van der Waals surface area contributed by atoms with E-state index in [2.05, 4.69) is 38.0 Å². The number of piperidine rings is 1. The topological polar surface area (TPSA) is 92.2 Å². The Hall–Kier alpha value is -3.52. The van der Waals surface area contributed by atoms with E-state index in [0.29, 0.717) is 0 Å². The molecule has 2 fully saturated rings. The normalized spacial score (nSPS) is 26.2. The monoisotopic (exact) mass is 486 g/mol. The molecular formula is C28H34N6O2. The van der Waals surface area contributed by atoms with Crippen molar-refractivity contribution in [2.45, 2.75) is 38.4 Å². The van der Waals surface area contributed by atoms with E-state index >= 15 is 0 Å². The van der Waals surface area contributed by atoms with Crippen molar-refractivity contribution in [3.05, 3.63) is 71.7 Å². The highest BCUT2D eigenvalue weighted by atomic mass is 16.3. The Kier molecular flexibility index (Phi) is 6.05. The minimum absolute atomic E-state index is 0.0741. The molecule has 0 radical (unpaired) electrons. The second-order valence-electron chi connectivity index (χ2n) is 10.4. The van der Waals surface area contributed by atoms with Gasteiger partial charge in [0.25, 0.3) is 5.91 Å². The SMILES string of the molecule is CC1=CC(NC2=NC=CN3C(c4ccc(O)cc4)=CNC23)CC=C1C(=O)N1CCC(C2CNC2)CC1. The van der Waals surface area contributed by atoms with Gasteiger partial charge in [0.15, 0.2) is 6.17 Å². The molecule has 1 aromatic rings. The number of rotatable bonds is 4. The highest BCUT2D eigenvalue weighted by Gasteiger charge is 2.34. The maximum atomic E-state index is 13.3. The number of likely N-dealkylation sites (tertiary alicyclic amines) is 1. The second-order valence-corrected chi connectivity index (χ2v) is 10.4. The van der Waals surface area contributed by atoms with Gasteiger partial charge in [0, 0.05) is 43.3 Å². The summed E-state index contributed by atoms with van der Waals surface area (Å²) in [5.41, 5.74) is 3.91. The molecule has 0 aromatic heterocycles. The van der Waals surface area contributed by atoms with Gasteiger partial charge in [0.05, 0.1) is 5.70 Å². The number of hydrogen-bond acceptors (Lipinski definition) is 7. The molecule has 188 valence electrons. The summed E-state index contributed by atoms with van der Waals surface area (Å²) in [6.07, 6.45) is 12.9. The van der Waals surface area contributed by atoms with Gasteiger partial charge in [-0.2, -0.15) is 0 Å². The molecule has 0 bridgehead atoms. The van der Waals surface area contributed by atoms with E-state index in [9.17, 15) is 9.90 Å². The van der Waals surface area contributed by atoms with Crippen molar-refractivity contribution in [1.29, 1.82) is 0 Å². The van der Waals surface area contributed by atoms with Gasteiger partial charge in [0.2, 0.25) is 0 Å². The van der Waals surface area contributed by atoms with Crippen molar-refractivity contribution >= 4 is 17.4 Å². The summed E-state index contributed by atoms with van der Waals surface area (Å²) >= 11 is 0. The largest absolute Gasteiger partial charge is 0.508 e. The Balaban J connectivity index is 1.06. The van der Waals surface area contributed by atoms with Crippen molar-refractivity contribution in [2.24, 2.45) is 16.8 Å². The molecule has 4 heterocycles. The third-order valence-electron chi connectivity index (χ3n) is 8.12. The lowest BCUT2D eigenvalue weighted by Gasteiger charge is -2.40. The fraction of sp³-hybridized carbons (Fsp3) is 0.429. The standard InChI is InChI=1S/C28H34N6O2/c1-18-14-22(4-7-24(18)28(36)33-11-8-19(9-12-33)21-15-29-16-21)32-26-27-31-17-25(34(27)13-10-30-26)20-2-5-23(35)6-3-20/h2-3,5-7,10,13-14,17,19,21-22,27,29,31,35H,4,8-9,11-12,15-16H2,1H3,(H,30,32). The summed E-state index contributed by atoms with van der Waals surface area (Å²) in [5.74, 6) is 2.84. The molecule has 4 aliphatic heterocycles. The second kappa shape index (κ2) is 9.50. The number of amidine groups is 1. The molecule has 2 unspecified atom stereocenters. The summed E-state index contributed by atoms with van der Waals surface area (Å²) < 4.78 is 0. The lowest BCUT2D eigenvalue weighted by Crippen LogP contribution is -2.51. The smallest absolute Gasteiger partial charge is 0.253 e. The van der Waals surface area contributed by atoms with Crippen LogP contribution in [0.5, 0.6) is 5.75 Å². The number of phenolic OH excluding ortho intramolecular Hbond substituents is 1. The average molecular weight is 487 g/mol. The molecule has 2 saturated heterocycles. The number of hydrogen-bond donors (Lipinski definition) is 4. The number of aromatic hydroxyl groups is 1. The number of nitrogens with one attached hydrogen (secondary N) is 3. The lowest BCUT2D eigenvalue weighted by molar-refractivity contribution is -0.128. The molecule has 1 aliphatic carbocycles. The van der Waals surface area contributed by atoms with Crippen LogP contribution in [0.2, 0.25) is 0 Å². The Morgan fingerprint density at radius 3 is 2.61 bits per heavy atom. The number of aliphatic imine (C=N–C) groups is 1. The van der Waals surface area contributed by atoms with Crippen LogP contribution >= 0.6 is 0 Å². The van der Waals surface area contributed by atoms with Crippen molar-refractivity contribution in [3.8, 4) is 5.75 Å². The first-order chi connectivity index (χ1) is 17.6. The number of phenols is 1. The zero-order chi connectivity index (χ0) is 24.6. The van der Waals surface area contributed by atoms with Gasteiger partial charge in [-0.15, -0.1) is 0 Å². The van der Waals surface area contributed by atoms with Gasteiger partial charge in [0.1, 0.15) is 11.6 Å². The van der Waals surface area contributed by atoms with Crippen molar-refractivity contribution in [2.75, 3.05) is 26.2 Å². The number of amides is 1. The Morgan fingerprint density at radius 2 is 1.92 bits per heavy atom. The van der Waals surface area contributed by atoms with E-state index in [1.807, 2.05) is 36.4 Å². The van der Waals surface area contributed by atoms with Crippen LogP contribution in [0.25, 0.3) is 5.70 Å². The van der Waals surface area contributed by atoms with E-state index in [-0.39, 0.29) is 23.9 Å². The fourth-order valence-electron chi connectivity index (χ4n) is 5.87. The van der Waals surface area contributed by atoms with Crippen molar-refractivity contribution < 1.29 is 9.90 Å². The first-order valence-corrected chi connectivity index (χ1v) is 13.0. The molecule has 1 amide bonds. The maximum absolute atomic E-state index is 13.3. The first-order valence-electron chi connectivity index (χ1n) is 13.0. The summed E-state index contributed by atoms with van der Waals surface area (Å²) in [6, 6.07) is 7.27. The van der Waals surface area contributed by atoms with Gasteiger partial charge < -0.3 is 30.9 Å². The maximum Gasteiger partial charge on any atom is 0.253 e. The molecule has 8 heteroatoms. The number of benzene rings is 1. The van der Waals surface area contributed by atoms with Crippen molar-refractivity contribution in [3.63, 3.8) is 0 Å². The van der Waals surface area contributed by atoms with Crippen LogP contribution in [0, 0.1) is 11.8 Å². The third-order valence-corrected chi connectivity index (χ3v) is 8.12. The summed E-state index contributed by atoms with van der Waals surface area (Å²) in [7, 11) is 0. The van der Waals surface area contributed by atoms with Crippen molar-refractivity contribution in [1.82, 2.24) is 25.8 Å². The first kappa shape index (κ1) is 22.9. The van der Waals surface area contributed by atoms with Gasteiger partial charge in [-0.05, 0) is 86.5 Å². The van der Waals surface area contributed by atoms with E-state index < -0.39 is 0 Å². The Labute approximate surface area is 212 Å². The van der Waals surface area contributed by atoms with E-state index in [1.54, 1.807) is 18.3 Å². The number of fused-ring (bicyclic) bond motifs is 1. The Bertz CT molecular complexity index is 1170. The quantitative estimate of drug-likeness (QED) is 0.523. The van der Waals surface area contributed by atoms with Crippen LogP contribution in [-0.2, 0) is 4.79 Å². The molecule has 36 heavy (non-hydrogen) atoms. The van der Waals surface area contributed by atoms with Gasteiger partial charge in [-0.25, -0.2) is 4.99 Å². The highest BCUT2D eigenvalue weighted by Crippen LogP contribution is 2.31. The summed E-state index contributed by atoms with van der Waals surface area (Å²) in [4.78, 5) is 22.1. The molecule has 0 spiro atoms. The van der Waals surface area contributed by atoms with Crippen LogP contribution in [0.1, 0.15) is 31.7 Å². The number of carbonyl (C=O) groups excluding carboxylic acids is 1. The molecular weight excluding hydrogens is 452 g/mol. The minimum atomic E-state index is -0.119. The van der Waals surface area contributed by atoms with Gasteiger partial charge in [-0.3, -0.25) is 4.79 Å². The van der Waals surface area contributed by atoms with Gasteiger partial charge >= 0.3 is 0 Å². The molecule has 4 N–H and O–H groups in total. The third kappa shape index (κ3) is 4.30. The van der Waals surface area contributed by atoms with E-state index in [4.69, 9.17) is 0 Å². The average Bonchev–Trinajstić information content (AvgIpc) is 3.29. The highest BCUT2D eigenvalue weighted by molar-refractivity contribution is 5.98. The molecule has 8 nitrogen and oxygen atoms in total. The van der Waals surface area contributed by atoms with Crippen LogP contribution < -0.4 is 16.0 Å². The van der Waals surface area contributed by atoms with Crippen LogP contribution in [0.15, 0.2) is 71.2 Å². The molecule has 2 atom stereocenters. The Morgan fingerprint density at radius 1 is 1.14 bits per heavy atom. The molecule has 1 aromatic carbocycles. The van der Waals surface area contributed by atoms with E-state index in [1.165, 1.54) is 0 Å². The zero-order valence-corrected chi connectivity index (χ0v) is 20.7. The lowest BCUT2D eigenvalue weighted by atomic mass is 9.80. The minimum Gasteiger partial charge on any atom is -0.508 e. The number of nitrogens with zero attached hydrogens (tertiary/aromatic N) is 3.